The molecule has 6 rings (SSSR count). The number of nitrogens with one attached hydrogen (secondary N) is 1. The first kappa shape index (κ1) is 16.9. The Morgan fingerprint density at radius 1 is 1.11 bits per heavy atom. The van der Waals surface area contributed by atoms with Crippen LogP contribution in [0.5, 0.6) is 0 Å². The van der Waals surface area contributed by atoms with Gasteiger partial charge in [0.05, 0.1) is 5.56 Å². The van der Waals surface area contributed by atoms with E-state index in [4.69, 9.17) is 0 Å². The van der Waals surface area contributed by atoms with Gasteiger partial charge in [0.25, 0.3) is 5.91 Å². The summed E-state index contributed by atoms with van der Waals surface area (Å²) in [5.41, 5.74) is 0.481. The number of benzene rings is 1. The fraction of sp³-hybridized carbons (Fsp3) is 0.524. The number of carbonyl (C=O) groups excluding carboxylic acids is 1. The number of carbonyl (C=O) groups is 1. The second kappa shape index (κ2) is 6.44. The Kier molecular flexibility index (Phi) is 4.04. The predicted molar refractivity (Wildman–Crippen MR) is 101 cm³/mol. The van der Waals surface area contributed by atoms with Gasteiger partial charge in [-0.3, -0.25) is 14.5 Å². The van der Waals surface area contributed by atoms with E-state index in [2.05, 4.69) is 9.88 Å². The van der Waals surface area contributed by atoms with Crippen LogP contribution >= 0.6 is 0 Å². The summed E-state index contributed by atoms with van der Waals surface area (Å²) in [6.45, 7) is 3.64. The second-order valence-electron chi connectivity index (χ2n) is 8.44. The lowest BCUT2D eigenvalue weighted by Gasteiger charge is -2.36. The number of pyridine rings is 1. The van der Waals surface area contributed by atoms with Crippen molar-refractivity contribution in [3.05, 3.63) is 46.0 Å². The molecule has 1 N–H and O–H groups in total. The van der Waals surface area contributed by atoms with Gasteiger partial charge < -0.3 is 9.88 Å². The Morgan fingerprint density at radius 3 is 2.78 bits per heavy atom. The normalized spacial score (nSPS) is 25.7. The fourth-order valence-electron chi connectivity index (χ4n) is 4.77. The highest BCUT2D eigenvalue weighted by molar-refractivity contribution is 6.06. The summed E-state index contributed by atoms with van der Waals surface area (Å²) in [6.07, 6.45) is 4.95. The van der Waals surface area contributed by atoms with Gasteiger partial charge in [-0.1, -0.05) is 0 Å². The molecule has 1 aromatic heterocycles. The lowest BCUT2D eigenvalue weighted by molar-refractivity contribution is 0.0738. The van der Waals surface area contributed by atoms with Crippen LogP contribution in [-0.4, -0.2) is 52.9 Å². The summed E-state index contributed by atoms with van der Waals surface area (Å²) in [5, 5.41) is 0.478. The van der Waals surface area contributed by atoms with Gasteiger partial charge in [0.1, 0.15) is 5.82 Å². The molecule has 2 aromatic rings. The molecule has 4 fully saturated rings. The van der Waals surface area contributed by atoms with Gasteiger partial charge >= 0.3 is 0 Å². The van der Waals surface area contributed by atoms with Crippen LogP contribution in [0.2, 0.25) is 0 Å². The van der Waals surface area contributed by atoms with E-state index in [1.165, 1.54) is 37.1 Å². The van der Waals surface area contributed by atoms with Crippen LogP contribution in [0.25, 0.3) is 10.9 Å². The summed E-state index contributed by atoms with van der Waals surface area (Å²) in [7, 11) is 0. The Labute approximate surface area is 157 Å². The highest BCUT2D eigenvalue weighted by Crippen LogP contribution is 2.35. The SMILES string of the molecule is O=C(c1cc(=O)[nH]c2ccc(F)cc12)N1C[C@H]2CC[C@@H](C1)N(CC1CC1)C2. The van der Waals surface area contributed by atoms with Crippen molar-refractivity contribution in [2.24, 2.45) is 11.8 Å². The van der Waals surface area contributed by atoms with Crippen molar-refractivity contribution in [1.29, 1.82) is 0 Å². The van der Waals surface area contributed by atoms with Crippen molar-refractivity contribution in [2.75, 3.05) is 26.2 Å². The molecule has 3 saturated heterocycles. The van der Waals surface area contributed by atoms with Crippen molar-refractivity contribution < 1.29 is 9.18 Å². The number of piperidine rings is 1. The molecule has 0 radical (unpaired) electrons. The minimum Gasteiger partial charge on any atom is -0.337 e. The molecule has 1 saturated carbocycles. The third kappa shape index (κ3) is 3.27. The molecule has 5 nitrogen and oxygen atoms in total. The molecule has 1 aromatic carbocycles. The molecule has 142 valence electrons. The van der Waals surface area contributed by atoms with Crippen LogP contribution in [-0.2, 0) is 0 Å². The molecule has 1 aliphatic carbocycles. The third-order valence-electron chi connectivity index (χ3n) is 6.34. The van der Waals surface area contributed by atoms with Crippen molar-refractivity contribution >= 4 is 16.8 Å². The average Bonchev–Trinajstić information content (AvgIpc) is 3.48. The molecule has 27 heavy (non-hydrogen) atoms. The fourth-order valence-corrected chi connectivity index (χ4v) is 4.77. The maximum absolute atomic E-state index is 13.8. The Morgan fingerprint density at radius 2 is 1.96 bits per heavy atom. The summed E-state index contributed by atoms with van der Waals surface area (Å²) in [4.78, 5) is 32.5. The van der Waals surface area contributed by atoms with Crippen LogP contribution < -0.4 is 5.56 Å². The molecule has 3 aliphatic heterocycles. The first-order valence-corrected chi connectivity index (χ1v) is 9.93. The lowest BCUT2D eigenvalue weighted by Crippen LogP contribution is -2.45. The topological polar surface area (TPSA) is 56.4 Å². The minimum atomic E-state index is -0.407. The maximum atomic E-state index is 13.8. The molecule has 1 amide bonds. The van der Waals surface area contributed by atoms with Crippen molar-refractivity contribution in [1.82, 2.24) is 14.8 Å². The maximum Gasteiger partial charge on any atom is 0.254 e. The van der Waals surface area contributed by atoms with Gasteiger partial charge in [-0.25, -0.2) is 4.39 Å². The summed E-state index contributed by atoms with van der Waals surface area (Å²) in [6, 6.07) is 5.88. The van der Waals surface area contributed by atoms with Crippen LogP contribution in [0.1, 0.15) is 36.0 Å². The molecular formula is C21H24FN3O2. The zero-order valence-electron chi connectivity index (χ0n) is 15.3. The largest absolute Gasteiger partial charge is 0.337 e. The van der Waals surface area contributed by atoms with E-state index in [-0.39, 0.29) is 11.5 Å². The molecule has 4 heterocycles. The first-order chi connectivity index (χ1) is 13.1. The van der Waals surface area contributed by atoms with Gasteiger partial charge in [-0.05, 0) is 55.7 Å². The number of halogens is 1. The van der Waals surface area contributed by atoms with E-state index in [1.54, 1.807) is 0 Å². The summed E-state index contributed by atoms with van der Waals surface area (Å²) in [5.74, 6) is 0.765. The molecule has 2 atom stereocenters. The first-order valence-electron chi connectivity index (χ1n) is 9.93. The number of hydrogen-bond acceptors (Lipinski definition) is 3. The zero-order chi connectivity index (χ0) is 18.5. The molecular weight excluding hydrogens is 345 g/mol. The second-order valence-corrected chi connectivity index (χ2v) is 8.44. The number of aromatic nitrogens is 1. The summed E-state index contributed by atoms with van der Waals surface area (Å²) >= 11 is 0. The van der Waals surface area contributed by atoms with Crippen LogP contribution in [0.15, 0.2) is 29.1 Å². The van der Waals surface area contributed by atoms with Crippen LogP contribution in [0.3, 0.4) is 0 Å². The van der Waals surface area contributed by atoms with E-state index >= 15 is 0 Å². The van der Waals surface area contributed by atoms with Gasteiger partial charge in [0.2, 0.25) is 5.56 Å². The lowest BCUT2D eigenvalue weighted by atomic mass is 9.95. The number of hydrogen-bond donors (Lipinski definition) is 1. The monoisotopic (exact) mass is 369 g/mol. The standard InChI is InChI=1S/C21H24FN3O2/c22-15-4-6-19-17(7-15)18(8-20(26)23-19)21(27)25-11-14-3-5-16(12-25)24(10-14)9-13-1-2-13/h4,6-8,13-14,16H,1-3,5,9-12H2,(H,23,26)/t14-,16-/m0/s1. The van der Waals surface area contributed by atoms with E-state index < -0.39 is 5.82 Å². The number of aromatic amines is 1. The number of rotatable bonds is 3. The number of fused-ring (bicyclic) bond motifs is 5. The van der Waals surface area contributed by atoms with E-state index in [9.17, 15) is 14.0 Å². The third-order valence-corrected chi connectivity index (χ3v) is 6.34. The predicted octanol–water partition coefficient (Wildman–Crippen LogP) is 2.61. The summed E-state index contributed by atoms with van der Waals surface area (Å²) < 4.78 is 13.8. The van der Waals surface area contributed by atoms with Gasteiger partial charge in [0, 0.05) is 49.2 Å². The van der Waals surface area contributed by atoms with Crippen LogP contribution in [0, 0.1) is 17.7 Å². The highest BCUT2D eigenvalue weighted by atomic mass is 19.1. The van der Waals surface area contributed by atoms with Crippen molar-refractivity contribution in [3.8, 4) is 0 Å². The van der Waals surface area contributed by atoms with Crippen molar-refractivity contribution in [2.45, 2.75) is 31.7 Å². The van der Waals surface area contributed by atoms with E-state index in [1.807, 2.05) is 4.90 Å². The van der Waals surface area contributed by atoms with E-state index in [0.29, 0.717) is 35.0 Å². The quantitative estimate of drug-likeness (QED) is 0.905. The molecule has 0 unspecified atom stereocenters. The molecule has 4 aliphatic rings. The van der Waals surface area contributed by atoms with E-state index in [0.717, 1.165) is 38.4 Å². The Balaban J connectivity index is 1.46. The molecule has 0 spiro atoms. The van der Waals surface area contributed by atoms with Crippen LogP contribution in [0.4, 0.5) is 4.39 Å². The smallest absolute Gasteiger partial charge is 0.254 e. The molecule has 6 heteroatoms. The van der Waals surface area contributed by atoms with Gasteiger partial charge in [-0.15, -0.1) is 0 Å². The number of amides is 1. The Bertz CT molecular complexity index is 952. The van der Waals surface area contributed by atoms with Crippen molar-refractivity contribution in [3.63, 3.8) is 0 Å². The highest BCUT2D eigenvalue weighted by Gasteiger charge is 2.38. The van der Waals surface area contributed by atoms with Gasteiger partial charge in [0.15, 0.2) is 0 Å². The number of H-pyrrole nitrogens is 1. The minimum absolute atomic E-state index is 0.151. The van der Waals surface area contributed by atoms with Gasteiger partial charge in [-0.2, -0.15) is 0 Å². The number of nitrogens with zero attached hydrogens (tertiary/aromatic N) is 2. The average molecular weight is 369 g/mol. The zero-order valence-corrected chi connectivity index (χ0v) is 15.3. The molecule has 2 bridgehead atoms. The Hall–Kier alpha value is -2.21.